The van der Waals surface area contributed by atoms with Crippen molar-refractivity contribution in [3.63, 3.8) is 0 Å². The molecule has 7 nitrogen and oxygen atoms in total. The number of nitrogens with zero attached hydrogens (tertiary/aromatic N) is 2. The number of nitrogens with one attached hydrogen (secondary N) is 1. The summed E-state index contributed by atoms with van der Waals surface area (Å²) in [6, 6.07) is 8.38. The Hall–Kier alpha value is -1.71. The number of halogens is 4. The van der Waals surface area contributed by atoms with Crippen molar-refractivity contribution in [2.75, 3.05) is 17.1 Å². The van der Waals surface area contributed by atoms with Crippen molar-refractivity contribution in [1.29, 1.82) is 0 Å². The number of anilines is 1. The molecule has 2 rings (SSSR count). The summed E-state index contributed by atoms with van der Waals surface area (Å²) in [6.45, 7) is 6.39. The van der Waals surface area contributed by atoms with Crippen molar-refractivity contribution in [2.45, 2.75) is 45.8 Å². The van der Waals surface area contributed by atoms with Gasteiger partial charge in [0.2, 0.25) is 21.8 Å². The highest BCUT2D eigenvalue weighted by atomic mass is 35.5. The molecule has 0 saturated heterocycles. The van der Waals surface area contributed by atoms with Crippen LogP contribution in [0.1, 0.15) is 33.3 Å². The van der Waals surface area contributed by atoms with Gasteiger partial charge in [0.1, 0.15) is 12.6 Å². The van der Waals surface area contributed by atoms with E-state index < -0.39 is 40.0 Å². The van der Waals surface area contributed by atoms with Crippen LogP contribution in [0.3, 0.4) is 0 Å². The standard InChI is InChI=1S/C23H27Cl4N3O4S/c1-14(22(32)28-23(2,3)4)29(12-15-9-10-16(24)18(26)11-15)20(31)13-30(35(5,33)34)19-8-6-7-17(25)21(19)27/h6-11,14H,12-13H2,1-5H3,(H,28,32)/t14-/m1/s1. The lowest BCUT2D eigenvalue weighted by Gasteiger charge is -2.33. The Labute approximate surface area is 226 Å². The lowest BCUT2D eigenvalue weighted by molar-refractivity contribution is -0.140. The fourth-order valence-electron chi connectivity index (χ4n) is 3.17. The van der Waals surface area contributed by atoms with E-state index in [0.717, 1.165) is 10.6 Å². The van der Waals surface area contributed by atoms with E-state index in [1.165, 1.54) is 23.1 Å². The molecular formula is C23H27Cl4N3O4S. The summed E-state index contributed by atoms with van der Waals surface area (Å²) in [4.78, 5) is 27.8. The van der Waals surface area contributed by atoms with Gasteiger partial charge in [-0.1, -0.05) is 58.5 Å². The molecule has 0 aromatic heterocycles. The molecule has 1 N–H and O–H groups in total. The van der Waals surface area contributed by atoms with Gasteiger partial charge < -0.3 is 10.2 Å². The van der Waals surface area contributed by atoms with Crippen molar-refractivity contribution in [3.8, 4) is 0 Å². The van der Waals surface area contributed by atoms with E-state index in [0.29, 0.717) is 10.6 Å². The minimum Gasteiger partial charge on any atom is -0.350 e. The molecule has 0 spiro atoms. The van der Waals surface area contributed by atoms with E-state index in [1.54, 1.807) is 25.1 Å². The van der Waals surface area contributed by atoms with Crippen LogP contribution in [0.4, 0.5) is 5.69 Å². The normalized spacial score (nSPS) is 12.7. The fraction of sp³-hybridized carbons (Fsp3) is 0.391. The first-order chi connectivity index (χ1) is 16.0. The van der Waals surface area contributed by atoms with Crippen molar-refractivity contribution in [3.05, 3.63) is 62.1 Å². The highest BCUT2D eigenvalue weighted by Gasteiger charge is 2.32. The predicted octanol–water partition coefficient (Wildman–Crippen LogP) is 5.40. The summed E-state index contributed by atoms with van der Waals surface area (Å²) in [5.74, 6) is -1.04. The quantitative estimate of drug-likeness (QED) is 0.451. The summed E-state index contributed by atoms with van der Waals surface area (Å²) in [7, 11) is -3.94. The molecule has 0 fully saturated rings. The number of rotatable bonds is 8. The maximum Gasteiger partial charge on any atom is 0.244 e. The van der Waals surface area contributed by atoms with Gasteiger partial charge in [-0.05, 0) is 57.5 Å². The Balaban J connectivity index is 2.47. The zero-order valence-corrected chi connectivity index (χ0v) is 23.7. The maximum absolute atomic E-state index is 13.5. The molecule has 1 atom stereocenters. The zero-order valence-electron chi connectivity index (χ0n) is 19.9. The summed E-state index contributed by atoms with van der Waals surface area (Å²) in [5.41, 5.74) is 0.114. The molecule has 2 amide bonds. The molecular weight excluding hydrogens is 556 g/mol. The van der Waals surface area contributed by atoms with E-state index in [4.69, 9.17) is 46.4 Å². The number of hydrogen-bond acceptors (Lipinski definition) is 4. The molecule has 0 aliphatic rings. The summed E-state index contributed by atoms with van der Waals surface area (Å²) >= 11 is 24.5. The largest absolute Gasteiger partial charge is 0.350 e. The van der Waals surface area contributed by atoms with Crippen LogP contribution in [0.15, 0.2) is 36.4 Å². The Morgan fingerprint density at radius 3 is 2.17 bits per heavy atom. The Morgan fingerprint density at radius 1 is 1.00 bits per heavy atom. The minimum atomic E-state index is -3.94. The van der Waals surface area contributed by atoms with Crippen LogP contribution in [0, 0.1) is 0 Å². The molecule has 0 bridgehead atoms. The third-order valence-electron chi connectivity index (χ3n) is 4.88. The average molecular weight is 583 g/mol. The van der Waals surface area contributed by atoms with Crippen molar-refractivity contribution < 1.29 is 18.0 Å². The smallest absolute Gasteiger partial charge is 0.244 e. The molecule has 0 radical (unpaired) electrons. The first-order valence-corrected chi connectivity index (χ1v) is 13.8. The van der Waals surface area contributed by atoms with Crippen LogP contribution in [-0.2, 0) is 26.2 Å². The predicted molar refractivity (Wildman–Crippen MR) is 143 cm³/mol. The third-order valence-corrected chi connectivity index (χ3v) is 7.56. The van der Waals surface area contributed by atoms with Gasteiger partial charge in [0.05, 0.1) is 32.0 Å². The van der Waals surface area contributed by atoms with Crippen molar-refractivity contribution >= 4 is 73.9 Å². The monoisotopic (exact) mass is 581 g/mol. The fourth-order valence-corrected chi connectivity index (χ4v) is 4.79. The highest BCUT2D eigenvalue weighted by Crippen LogP contribution is 2.34. The van der Waals surface area contributed by atoms with Gasteiger partial charge in [0, 0.05) is 12.1 Å². The van der Waals surface area contributed by atoms with Crippen molar-refractivity contribution in [2.24, 2.45) is 0 Å². The maximum atomic E-state index is 13.5. The number of amides is 2. The molecule has 2 aromatic rings. The van der Waals surface area contributed by atoms with Crippen LogP contribution < -0.4 is 9.62 Å². The van der Waals surface area contributed by atoms with Crippen LogP contribution in [-0.4, -0.2) is 49.5 Å². The van der Waals surface area contributed by atoms with E-state index in [2.05, 4.69) is 5.32 Å². The first-order valence-electron chi connectivity index (χ1n) is 10.5. The molecule has 0 saturated carbocycles. The van der Waals surface area contributed by atoms with E-state index in [1.807, 2.05) is 20.8 Å². The number of benzene rings is 2. The molecule has 0 aliphatic heterocycles. The van der Waals surface area contributed by atoms with Gasteiger partial charge in [-0.15, -0.1) is 0 Å². The SMILES string of the molecule is C[C@H](C(=O)NC(C)(C)C)N(Cc1ccc(Cl)c(Cl)c1)C(=O)CN(c1cccc(Cl)c1Cl)S(C)(=O)=O. The molecule has 192 valence electrons. The average Bonchev–Trinajstić information content (AvgIpc) is 2.72. The molecule has 0 heterocycles. The summed E-state index contributed by atoms with van der Waals surface area (Å²) < 4.78 is 26.1. The second-order valence-electron chi connectivity index (χ2n) is 9.03. The number of hydrogen-bond donors (Lipinski definition) is 1. The van der Waals surface area contributed by atoms with Gasteiger partial charge in [-0.3, -0.25) is 13.9 Å². The van der Waals surface area contributed by atoms with Crippen LogP contribution in [0.25, 0.3) is 0 Å². The van der Waals surface area contributed by atoms with Crippen molar-refractivity contribution in [1.82, 2.24) is 10.2 Å². The van der Waals surface area contributed by atoms with Gasteiger partial charge in [0.25, 0.3) is 0 Å². The Kier molecular flexibility index (Phi) is 9.75. The van der Waals surface area contributed by atoms with Crippen LogP contribution in [0.5, 0.6) is 0 Å². The van der Waals surface area contributed by atoms with Gasteiger partial charge in [-0.2, -0.15) is 0 Å². The Morgan fingerprint density at radius 2 is 1.63 bits per heavy atom. The Bertz CT molecular complexity index is 1220. The number of sulfonamides is 1. The first kappa shape index (κ1) is 29.5. The van der Waals surface area contributed by atoms with E-state index in [-0.39, 0.29) is 27.3 Å². The number of carbonyl (C=O) groups is 2. The summed E-state index contributed by atoms with van der Waals surface area (Å²) in [5, 5.41) is 3.59. The van der Waals surface area contributed by atoms with Crippen LogP contribution >= 0.6 is 46.4 Å². The zero-order chi connectivity index (χ0) is 26.7. The molecule has 0 aliphatic carbocycles. The van der Waals surface area contributed by atoms with E-state index in [9.17, 15) is 18.0 Å². The molecule has 2 aromatic carbocycles. The van der Waals surface area contributed by atoms with Gasteiger partial charge in [0.15, 0.2) is 0 Å². The minimum absolute atomic E-state index is 0.0121. The highest BCUT2D eigenvalue weighted by molar-refractivity contribution is 7.92. The lowest BCUT2D eigenvalue weighted by atomic mass is 10.1. The second-order valence-corrected chi connectivity index (χ2v) is 12.5. The van der Waals surface area contributed by atoms with Gasteiger partial charge >= 0.3 is 0 Å². The topological polar surface area (TPSA) is 86.8 Å². The molecule has 35 heavy (non-hydrogen) atoms. The molecule has 0 unspecified atom stereocenters. The lowest BCUT2D eigenvalue weighted by Crippen LogP contribution is -2.54. The number of carbonyl (C=O) groups excluding carboxylic acids is 2. The van der Waals surface area contributed by atoms with Gasteiger partial charge in [-0.25, -0.2) is 8.42 Å². The third kappa shape index (κ3) is 8.15. The molecule has 12 heteroatoms. The van der Waals surface area contributed by atoms with E-state index >= 15 is 0 Å². The summed E-state index contributed by atoms with van der Waals surface area (Å²) in [6.07, 6.45) is 0.955. The second kappa shape index (κ2) is 11.6. The van der Waals surface area contributed by atoms with Crippen LogP contribution in [0.2, 0.25) is 20.1 Å².